The van der Waals surface area contributed by atoms with Crippen LogP contribution in [0.5, 0.6) is 0 Å². The van der Waals surface area contributed by atoms with E-state index >= 15 is 0 Å². The summed E-state index contributed by atoms with van der Waals surface area (Å²) in [6.07, 6.45) is 0.726. The normalized spacial score (nSPS) is 18.4. The third-order valence-corrected chi connectivity index (χ3v) is 3.76. The van der Waals surface area contributed by atoms with Crippen LogP contribution in [0.15, 0.2) is 23.1 Å². The number of carbonyl (C=O) groups is 3. The second kappa shape index (κ2) is 4.81. The van der Waals surface area contributed by atoms with Gasteiger partial charge in [0.25, 0.3) is 0 Å². The molecule has 0 aromatic heterocycles. The van der Waals surface area contributed by atoms with E-state index in [1.807, 2.05) is 0 Å². The Morgan fingerprint density at radius 3 is 2.89 bits per heavy atom. The molecule has 0 saturated heterocycles. The zero-order valence-electron chi connectivity index (χ0n) is 9.62. The molecule has 0 aliphatic carbocycles. The third-order valence-electron chi connectivity index (χ3n) is 2.62. The summed E-state index contributed by atoms with van der Waals surface area (Å²) in [5.74, 6) is -1.29. The molecule has 1 N–H and O–H groups in total. The van der Waals surface area contributed by atoms with Crippen LogP contribution in [0.4, 0.5) is 5.69 Å². The summed E-state index contributed by atoms with van der Waals surface area (Å²) in [5, 5.41) is 8.49. The van der Waals surface area contributed by atoms with Crippen LogP contribution in [0.25, 0.3) is 0 Å². The van der Waals surface area contributed by atoms with E-state index in [1.165, 1.54) is 16.7 Å². The third kappa shape index (κ3) is 2.24. The first-order chi connectivity index (χ1) is 8.52. The van der Waals surface area contributed by atoms with E-state index in [1.54, 1.807) is 25.1 Å². The summed E-state index contributed by atoms with van der Waals surface area (Å²) in [6, 6.07) is 4.86. The lowest BCUT2D eigenvalue weighted by atomic mass is 10.2. The average molecular weight is 265 g/mol. The molecule has 6 heteroatoms. The van der Waals surface area contributed by atoms with Gasteiger partial charge in [0.15, 0.2) is 0 Å². The van der Waals surface area contributed by atoms with Gasteiger partial charge in [-0.1, -0.05) is 0 Å². The molecule has 0 spiro atoms. The van der Waals surface area contributed by atoms with Gasteiger partial charge in [0.05, 0.1) is 10.9 Å². The van der Waals surface area contributed by atoms with Crippen molar-refractivity contribution in [3.63, 3.8) is 0 Å². The lowest BCUT2D eigenvalue weighted by molar-refractivity contribution is -0.136. The number of aliphatic carboxylic acids is 1. The number of carboxylic acid groups (broad SMARTS) is 1. The van der Waals surface area contributed by atoms with Crippen molar-refractivity contribution in [1.82, 2.24) is 0 Å². The zero-order chi connectivity index (χ0) is 13.3. The van der Waals surface area contributed by atoms with Crippen molar-refractivity contribution in [1.29, 1.82) is 0 Å². The fraction of sp³-hybridized carbons (Fsp3) is 0.250. The molecule has 0 fully saturated rings. The number of carboxylic acids is 1. The standard InChI is InChI=1S/C12H11NO4S/c1-7-12(17)13(5-11(15)16)9-3-2-8(6-14)4-10(9)18-7/h2-4,6-7H,5H2,1H3,(H,15,16). The van der Waals surface area contributed by atoms with Gasteiger partial charge in [0, 0.05) is 10.5 Å². The molecule has 0 saturated carbocycles. The summed E-state index contributed by atoms with van der Waals surface area (Å²) in [5.41, 5.74) is 1.06. The molecule has 1 aromatic carbocycles. The van der Waals surface area contributed by atoms with Crippen molar-refractivity contribution < 1.29 is 19.5 Å². The number of rotatable bonds is 3. The van der Waals surface area contributed by atoms with Gasteiger partial charge in [-0.05, 0) is 25.1 Å². The van der Waals surface area contributed by atoms with Gasteiger partial charge in [-0.2, -0.15) is 0 Å². The SMILES string of the molecule is CC1Sc2cc(C=O)ccc2N(CC(=O)O)C1=O. The maximum absolute atomic E-state index is 12.0. The van der Waals surface area contributed by atoms with Gasteiger partial charge in [0.1, 0.15) is 12.8 Å². The Balaban J connectivity index is 2.46. The maximum atomic E-state index is 12.0. The summed E-state index contributed by atoms with van der Waals surface area (Å²) in [4.78, 5) is 35.5. The van der Waals surface area contributed by atoms with E-state index in [2.05, 4.69) is 0 Å². The molecule has 1 amide bonds. The van der Waals surface area contributed by atoms with Gasteiger partial charge in [-0.25, -0.2) is 0 Å². The predicted molar refractivity (Wildman–Crippen MR) is 67.1 cm³/mol. The minimum absolute atomic E-state index is 0.228. The van der Waals surface area contributed by atoms with Crippen LogP contribution in [-0.2, 0) is 9.59 Å². The van der Waals surface area contributed by atoms with Crippen LogP contribution in [0, 0.1) is 0 Å². The first-order valence-corrected chi connectivity index (χ1v) is 6.20. The molecule has 1 aliphatic rings. The van der Waals surface area contributed by atoms with Gasteiger partial charge in [-0.3, -0.25) is 19.3 Å². The van der Waals surface area contributed by atoms with Crippen molar-refractivity contribution in [2.75, 3.05) is 11.4 Å². The fourth-order valence-corrected chi connectivity index (χ4v) is 2.91. The van der Waals surface area contributed by atoms with E-state index in [0.29, 0.717) is 11.3 Å². The Hall–Kier alpha value is -1.82. The minimum Gasteiger partial charge on any atom is -0.480 e. The summed E-state index contributed by atoms with van der Waals surface area (Å²) in [7, 11) is 0. The first kappa shape index (κ1) is 12.6. The van der Waals surface area contributed by atoms with Crippen LogP contribution in [0.1, 0.15) is 17.3 Å². The number of anilines is 1. The molecule has 1 heterocycles. The highest BCUT2D eigenvalue weighted by Gasteiger charge is 2.31. The van der Waals surface area contributed by atoms with Crippen LogP contribution in [-0.4, -0.2) is 35.1 Å². The highest BCUT2D eigenvalue weighted by molar-refractivity contribution is 8.01. The lowest BCUT2D eigenvalue weighted by Gasteiger charge is -2.31. The number of hydrogen-bond acceptors (Lipinski definition) is 4. The second-order valence-electron chi connectivity index (χ2n) is 3.92. The van der Waals surface area contributed by atoms with Crippen molar-refractivity contribution in [3.05, 3.63) is 23.8 Å². The zero-order valence-corrected chi connectivity index (χ0v) is 10.4. The highest BCUT2D eigenvalue weighted by atomic mass is 32.2. The number of nitrogens with zero attached hydrogens (tertiary/aromatic N) is 1. The molecule has 1 aromatic rings. The summed E-state index contributed by atoms with van der Waals surface area (Å²) in [6.45, 7) is 1.36. The van der Waals surface area contributed by atoms with Crippen LogP contribution >= 0.6 is 11.8 Å². The summed E-state index contributed by atoms with van der Waals surface area (Å²) < 4.78 is 0. The van der Waals surface area contributed by atoms with E-state index in [9.17, 15) is 14.4 Å². The Kier molecular flexibility index (Phi) is 3.38. The van der Waals surface area contributed by atoms with E-state index in [0.717, 1.165) is 11.2 Å². The van der Waals surface area contributed by atoms with E-state index in [4.69, 9.17) is 5.11 Å². The molecule has 1 unspecified atom stereocenters. The molecule has 1 atom stereocenters. The Morgan fingerprint density at radius 1 is 1.56 bits per heavy atom. The number of benzene rings is 1. The molecule has 94 valence electrons. The molecular formula is C12H11NO4S. The summed E-state index contributed by atoms with van der Waals surface area (Å²) >= 11 is 1.34. The van der Waals surface area contributed by atoms with Gasteiger partial charge < -0.3 is 5.11 Å². The second-order valence-corrected chi connectivity index (χ2v) is 5.31. The number of hydrogen-bond donors (Lipinski definition) is 1. The largest absolute Gasteiger partial charge is 0.480 e. The van der Waals surface area contributed by atoms with Crippen molar-refractivity contribution in [3.8, 4) is 0 Å². The smallest absolute Gasteiger partial charge is 0.323 e. The van der Waals surface area contributed by atoms with Crippen molar-refractivity contribution in [2.24, 2.45) is 0 Å². The van der Waals surface area contributed by atoms with Crippen molar-refractivity contribution >= 4 is 35.6 Å². The van der Waals surface area contributed by atoms with Crippen LogP contribution < -0.4 is 4.90 Å². The number of aldehydes is 1. The predicted octanol–water partition coefficient (Wildman–Crippen LogP) is 1.41. The number of carbonyl (C=O) groups excluding carboxylic acids is 2. The maximum Gasteiger partial charge on any atom is 0.323 e. The lowest BCUT2D eigenvalue weighted by Crippen LogP contribution is -2.42. The fourth-order valence-electron chi connectivity index (χ4n) is 1.80. The van der Waals surface area contributed by atoms with Gasteiger partial charge in [-0.15, -0.1) is 11.8 Å². The average Bonchev–Trinajstić information content (AvgIpc) is 2.33. The first-order valence-electron chi connectivity index (χ1n) is 5.32. The monoisotopic (exact) mass is 265 g/mol. The molecule has 18 heavy (non-hydrogen) atoms. The quantitative estimate of drug-likeness (QED) is 0.836. The van der Waals surface area contributed by atoms with Crippen molar-refractivity contribution in [2.45, 2.75) is 17.1 Å². The van der Waals surface area contributed by atoms with E-state index < -0.39 is 5.97 Å². The van der Waals surface area contributed by atoms with Gasteiger partial charge in [0.2, 0.25) is 5.91 Å². The molecule has 5 nitrogen and oxygen atoms in total. The molecule has 0 bridgehead atoms. The molecule has 2 rings (SSSR count). The highest BCUT2D eigenvalue weighted by Crippen LogP contribution is 2.39. The Bertz CT molecular complexity index is 529. The molecule has 0 radical (unpaired) electrons. The number of fused-ring (bicyclic) bond motifs is 1. The number of amides is 1. The van der Waals surface area contributed by atoms with Crippen LogP contribution in [0.2, 0.25) is 0 Å². The number of thioether (sulfide) groups is 1. The topological polar surface area (TPSA) is 74.7 Å². The Labute approximate surface area is 108 Å². The van der Waals surface area contributed by atoms with E-state index in [-0.39, 0.29) is 17.7 Å². The van der Waals surface area contributed by atoms with Crippen LogP contribution in [0.3, 0.4) is 0 Å². The minimum atomic E-state index is -1.06. The van der Waals surface area contributed by atoms with Gasteiger partial charge >= 0.3 is 5.97 Å². The molecular weight excluding hydrogens is 254 g/mol. The molecule has 1 aliphatic heterocycles. The Morgan fingerprint density at radius 2 is 2.28 bits per heavy atom.